The second kappa shape index (κ2) is 3.80. The van der Waals surface area contributed by atoms with Gasteiger partial charge in [-0.1, -0.05) is 6.07 Å². The highest BCUT2D eigenvalue weighted by molar-refractivity contribution is 5.77. The van der Waals surface area contributed by atoms with Crippen molar-refractivity contribution in [3.05, 3.63) is 29.6 Å². The molecule has 3 rings (SSSR count). The van der Waals surface area contributed by atoms with E-state index < -0.39 is 0 Å². The Morgan fingerprint density at radius 2 is 2.17 bits per heavy atom. The molecule has 1 aliphatic carbocycles. The molecule has 3 N–H and O–H groups in total. The molecule has 0 amide bonds. The molecule has 1 unspecified atom stereocenters. The Morgan fingerprint density at radius 1 is 1.44 bits per heavy atom. The summed E-state index contributed by atoms with van der Waals surface area (Å²) in [5.41, 5.74) is 9.73. The minimum absolute atomic E-state index is 0.0632. The molecule has 1 aliphatic rings. The number of aromatic nitrogens is 2. The van der Waals surface area contributed by atoms with Gasteiger partial charge in [0.1, 0.15) is 5.82 Å². The minimum atomic E-state index is -0.0632. The number of imidazole rings is 1. The van der Waals surface area contributed by atoms with Gasteiger partial charge in [0, 0.05) is 12.6 Å². The van der Waals surface area contributed by atoms with Crippen LogP contribution >= 0.6 is 0 Å². The van der Waals surface area contributed by atoms with Crippen LogP contribution < -0.4 is 11.1 Å². The number of hydrogen-bond acceptors (Lipinski definition) is 3. The predicted octanol–water partition coefficient (Wildman–Crippen LogP) is 1.63. The number of nitrogens with one attached hydrogen (secondary N) is 1. The highest BCUT2D eigenvalue weighted by Gasteiger charge is 2.45. The topological polar surface area (TPSA) is 55.9 Å². The summed E-state index contributed by atoms with van der Waals surface area (Å²) < 4.78 is 2.11. The zero-order valence-electron chi connectivity index (χ0n) is 11.2. The van der Waals surface area contributed by atoms with E-state index in [1.807, 2.05) is 21.0 Å². The molecule has 96 valence electrons. The van der Waals surface area contributed by atoms with Crippen LogP contribution in [0.25, 0.3) is 11.0 Å². The van der Waals surface area contributed by atoms with Gasteiger partial charge in [-0.05, 0) is 44.5 Å². The van der Waals surface area contributed by atoms with Crippen LogP contribution in [0.2, 0.25) is 0 Å². The van der Waals surface area contributed by atoms with Crippen LogP contribution in [0.1, 0.15) is 30.3 Å². The Morgan fingerprint density at radius 3 is 2.78 bits per heavy atom. The Balaban J connectivity index is 2.07. The third-order valence-corrected chi connectivity index (χ3v) is 4.15. The molecule has 1 aromatic heterocycles. The van der Waals surface area contributed by atoms with E-state index in [4.69, 9.17) is 5.73 Å². The molecular formula is C14H20N4. The molecule has 0 saturated heterocycles. The van der Waals surface area contributed by atoms with E-state index in [9.17, 15) is 0 Å². The second-order valence-corrected chi connectivity index (χ2v) is 5.42. The molecule has 0 spiro atoms. The summed E-state index contributed by atoms with van der Waals surface area (Å²) in [6.07, 6.45) is 2.19. The first-order valence-electron chi connectivity index (χ1n) is 6.44. The number of aryl methyl sites for hydroxylation is 2. The largest absolute Gasteiger partial charge is 0.331 e. The first-order chi connectivity index (χ1) is 8.55. The maximum Gasteiger partial charge on any atom is 0.106 e. The minimum Gasteiger partial charge on any atom is -0.331 e. The smallest absolute Gasteiger partial charge is 0.106 e. The van der Waals surface area contributed by atoms with E-state index in [0.717, 1.165) is 24.2 Å². The first-order valence-corrected chi connectivity index (χ1v) is 6.44. The van der Waals surface area contributed by atoms with Crippen molar-refractivity contribution >= 4 is 11.0 Å². The fraction of sp³-hybridized carbons (Fsp3) is 0.500. The summed E-state index contributed by atoms with van der Waals surface area (Å²) in [7, 11) is 4.02. The van der Waals surface area contributed by atoms with Crippen molar-refractivity contribution in [2.75, 3.05) is 7.05 Å². The molecule has 4 heteroatoms. The normalized spacial score (nSPS) is 19.1. The lowest BCUT2D eigenvalue weighted by atomic mass is 9.97. The zero-order valence-corrected chi connectivity index (χ0v) is 11.2. The fourth-order valence-electron chi connectivity index (χ4n) is 2.74. The van der Waals surface area contributed by atoms with Crippen LogP contribution in [0.4, 0.5) is 0 Å². The lowest BCUT2D eigenvalue weighted by Crippen LogP contribution is -2.38. The third kappa shape index (κ3) is 1.64. The third-order valence-electron chi connectivity index (χ3n) is 4.15. The van der Waals surface area contributed by atoms with Gasteiger partial charge in [0.15, 0.2) is 0 Å². The average Bonchev–Trinajstić information content (AvgIpc) is 3.01. The molecule has 18 heavy (non-hydrogen) atoms. The van der Waals surface area contributed by atoms with E-state index in [0.29, 0.717) is 0 Å². The maximum absolute atomic E-state index is 6.32. The molecule has 0 aliphatic heterocycles. The lowest BCUT2D eigenvalue weighted by molar-refractivity contribution is 0.462. The number of fused-ring (bicyclic) bond motifs is 1. The zero-order chi connectivity index (χ0) is 12.9. The van der Waals surface area contributed by atoms with E-state index >= 15 is 0 Å². The van der Waals surface area contributed by atoms with Crippen LogP contribution in [0.3, 0.4) is 0 Å². The van der Waals surface area contributed by atoms with Crippen molar-refractivity contribution in [1.82, 2.24) is 14.9 Å². The SMILES string of the molecule is CNC(c1ccc2c(c1)nc(C)n2C)C1(N)CC1. The Labute approximate surface area is 107 Å². The molecule has 1 atom stereocenters. The van der Waals surface area contributed by atoms with Crippen molar-refractivity contribution in [2.24, 2.45) is 12.8 Å². The molecule has 1 heterocycles. The number of benzene rings is 1. The van der Waals surface area contributed by atoms with Crippen molar-refractivity contribution in [3.63, 3.8) is 0 Å². The number of nitrogens with zero attached hydrogens (tertiary/aromatic N) is 2. The molecule has 2 aromatic rings. The second-order valence-electron chi connectivity index (χ2n) is 5.42. The van der Waals surface area contributed by atoms with Crippen LogP contribution in [0.5, 0.6) is 0 Å². The quantitative estimate of drug-likeness (QED) is 0.863. The fourth-order valence-corrected chi connectivity index (χ4v) is 2.74. The van der Waals surface area contributed by atoms with Gasteiger partial charge in [-0.15, -0.1) is 0 Å². The van der Waals surface area contributed by atoms with Crippen LogP contribution in [-0.2, 0) is 7.05 Å². The molecule has 1 fully saturated rings. The summed E-state index contributed by atoms with van der Waals surface area (Å²) >= 11 is 0. The van der Waals surface area contributed by atoms with E-state index in [-0.39, 0.29) is 11.6 Å². The summed E-state index contributed by atoms with van der Waals surface area (Å²) in [6.45, 7) is 2.03. The van der Waals surface area contributed by atoms with Gasteiger partial charge in [0.2, 0.25) is 0 Å². The number of rotatable bonds is 3. The monoisotopic (exact) mass is 244 g/mol. The molecule has 4 nitrogen and oxygen atoms in total. The molecule has 0 radical (unpaired) electrons. The van der Waals surface area contributed by atoms with Gasteiger partial charge in [-0.3, -0.25) is 0 Å². The highest BCUT2D eigenvalue weighted by Crippen LogP contribution is 2.43. The maximum atomic E-state index is 6.32. The van der Waals surface area contributed by atoms with Crippen molar-refractivity contribution < 1.29 is 0 Å². The van der Waals surface area contributed by atoms with Crippen molar-refractivity contribution in [2.45, 2.75) is 31.3 Å². The molecule has 1 aromatic carbocycles. The summed E-state index contributed by atoms with van der Waals surface area (Å²) in [4.78, 5) is 4.59. The van der Waals surface area contributed by atoms with E-state index in [2.05, 4.69) is 33.1 Å². The van der Waals surface area contributed by atoms with Crippen LogP contribution in [0, 0.1) is 6.92 Å². The van der Waals surface area contributed by atoms with Crippen molar-refractivity contribution in [3.8, 4) is 0 Å². The van der Waals surface area contributed by atoms with Crippen LogP contribution in [-0.4, -0.2) is 22.1 Å². The predicted molar refractivity (Wildman–Crippen MR) is 73.4 cm³/mol. The Bertz CT molecular complexity index is 595. The lowest BCUT2D eigenvalue weighted by Gasteiger charge is -2.23. The van der Waals surface area contributed by atoms with E-state index in [1.165, 1.54) is 11.1 Å². The Kier molecular flexibility index (Phi) is 2.47. The molecule has 1 saturated carbocycles. The van der Waals surface area contributed by atoms with Gasteiger partial charge >= 0.3 is 0 Å². The number of hydrogen-bond donors (Lipinski definition) is 2. The molecular weight excluding hydrogens is 224 g/mol. The van der Waals surface area contributed by atoms with Crippen molar-refractivity contribution in [1.29, 1.82) is 0 Å². The average molecular weight is 244 g/mol. The van der Waals surface area contributed by atoms with Gasteiger partial charge in [-0.2, -0.15) is 0 Å². The number of likely N-dealkylation sites (N-methyl/N-ethyl adjacent to an activating group) is 1. The van der Waals surface area contributed by atoms with Crippen LogP contribution in [0.15, 0.2) is 18.2 Å². The highest BCUT2D eigenvalue weighted by atomic mass is 15.1. The summed E-state index contributed by atoms with van der Waals surface area (Å²) in [5.74, 6) is 1.04. The van der Waals surface area contributed by atoms with Gasteiger partial charge < -0.3 is 15.6 Å². The van der Waals surface area contributed by atoms with Gasteiger partial charge in [0.25, 0.3) is 0 Å². The number of nitrogens with two attached hydrogens (primary N) is 1. The van der Waals surface area contributed by atoms with E-state index in [1.54, 1.807) is 0 Å². The van der Waals surface area contributed by atoms with Gasteiger partial charge in [-0.25, -0.2) is 4.98 Å². The van der Waals surface area contributed by atoms with Gasteiger partial charge in [0.05, 0.1) is 17.1 Å². The first kappa shape index (κ1) is 11.7. The standard InChI is InChI=1S/C14H20N4/c1-9-17-11-8-10(4-5-12(11)18(9)3)13(16-2)14(15)6-7-14/h4-5,8,13,16H,6-7,15H2,1-3H3. The molecule has 0 bridgehead atoms. The summed E-state index contributed by atoms with van der Waals surface area (Å²) in [6, 6.07) is 6.69. The summed E-state index contributed by atoms with van der Waals surface area (Å²) in [5, 5.41) is 3.35. The Hall–Kier alpha value is -1.39.